The zero-order chi connectivity index (χ0) is 16.8. The molecule has 23 heavy (non-hydrogen) atoms. The summed E-state index contributed by atoms with van der Waals surface area (Å²) in [5.74, 6) is -0.723. The van der Waals surface area contributed by atoms with Crippen LogP contribution in [0.15, 0.2) is 46.3 Å². The van der Waals surface area contributed by atoms with Crippen molar-refractivity contribution in [3.8, 4) is 0 Å². The Morgan fingerprint density at radius 1 is 1.17 bits per heavy atom. The van der Waals surface area contributed by atoms with Gasteiger partial charge in [0.25, 0.3) is 10.0 Å². The number of sulfone groups is 1. The molecule has 0 saturated carbocycles. The summed E-state index contributed by atoms with van der Waals surface area (Å²) >= 11 is 0. The maximum atomic E-state index is 12.2. The van der Waals surface area contributed by atoms with Gasteiger partial charge in [0.2, 0.25) is 0 Å². The molecule has 0 saturated heterocycles. The quantitative estimate of drug-likeness (QED) is 0.864. The van der Waals surface area contributed by atoms with Crippen molar-refractivity contribution in [2.24, 2.45) is 5.14 Å². The first kappa shape index (κ1) is 15.9. The second-order valence-corrected chi connectivity index (χ2v) is 8.89. The molecule has 9 heteroatoms. The molecule has 2 N–H and O–H groups in total. The van der Waals surface area contributed by atoms with Gasteiger partial charge in [-0.15, -0.1) is 0 Å². The van der Waals surface area contributed by atoms with Crippen LogP contribution >= 0.6 is 0 Å². The highest BCUT2D eigenvalue weighted by molar-refractivity contribution is 7.92. The van der Waals surface area contributed by atoms with E-state index in [0.29, 0.717) is 0 Å². The van der Waals surface area contributed by atoms with Crippen molar-refractivity contribution in [1.29, 1.82) is 0 Å². The minimum atomic E-state index is -4.17. The molecule has 1 aliphatic rings. The lowest BCUT2D eigenvalue weighted by Crippen LogP contribution is -2.24. The van der Waals surface area contributed by atoms with Gasteiger partial charge in [0.05, 0.1) is 10.6 Å². The van der Waals surface area contributed by atoms with E-state index in [1.54, 1.807) is 30.3 Å². The van der Waals surface area contributed by atoms with Gasteiger partial charge in [-0.2, -0.15) is 0 Å². The number of hydrogen-bond donors (Lipinski definition) is 1. The number of benzene rings is 1. The highest BCUT2D eigenvalue weighted by Crippen LogP contribution is 2.31. The van der Waals surface area contributed by atoms with Crippen molar-refractivity contribution in [3.63, 3.8) is 0 Å². The Balaban J connectivity index is 2.29. The summed E-state index contributed by atoms with van der Waals surface area (Å²) in [7, 11) is -7.87. The van der Waals surface area contributed by atoms with Gasteiger partial charge in [-0.05, 0) is 11.6 Å². The third-order valence-corrected chi connectivity index (χ3v) is 6.34. The van der Waals surface area contributed by atoms with Gasteiger partial charge in [-0.1, -0.05) is 30.3 Å². The Labute approximate surface area is 133 Å². The number of carbonyl (C=O) groups is 1. The van der Waals surface area contributed by atoms with Crippen LogP contribution in [0.4, 0.5) is 0 Å². The Kier molecular flexibility index (Phi) is 3.66. The molecule has 1 aromatic heterocycles. The number of hydrogen-bond acceptors (Lipinski definition) is 5. The summed E-state index contributed by atoms with van der Waals surface area (Å²) < 4.78 is 49.2. The van der Waals surface area contributed by atoms with Crippen molar-refractivity contribution in [2.45, 2.75) is 22.9 Å². The lowest BCUT2D eigenvalue weighted by atomic mass is 10.2. The van der Waals surface area contributed by atoms with E-state index in [1.165, 1.54) is 4.57 Å². The lowest BCUT2D eigenvalue weighted by molar-refractivity contribution is 0.0973. The zero-order valence-electron chi connectivity index (χ0n) is 12.0. The van der Waals surface area contributed by atoms with Crippen LogP contribution in [-0.4, -0.2) is 32.9 Å². The molecule has 2 aromatic rings. The van der Waals surface area contributed by atoms with E-state index in [-0.39, 0.29) is 34.3 Å². The Hall–Kier alpha value is -1.97. The molecule has 2 heterocycles. The average Bonchev–Trinajstić information content (AvgIpc) is 2.86. The van der Waals surface area contributed by atoms with Gasteiger partial charge in [-0.3, -0.25) is 4.79 Å². The summed E-state index contributed by atoms with van der Waals surface area (Å²) in [6.07, 6.45) is -0.168. The monoisotopic (exact) mass is 354 g/mol. The van der Waals surface area contributed by atoms with E-state index in [9.17, 15) is 21.6 Å². The first-order chi connectivity index (χ1) is 10.7. The number of nitrogens with zero attached hydrogens (tertiary/aromatic N) is 1. The molecule has 122 valence electrons. The van der Waals surface area contributed by atoms with Crippen LogP contribution < -0.4 is 5.14 Å². The molecule has 3 rings (SSSR count). The van der Waals surface area contributed by atoms with Crippen LogP contribution in [0.3, 0.4) is 0 Å². The van der Waals surface area contributed by atoms with E-state index < -0.39 is 25.6 Å². The van der Waals surface area contributed by atoms with E-state index in [0.717, 1.165) is 11.6 Å². The topological polar surface area (TPSA) is 116 Å². The Bertz CT molecular complexity index is 989. The fourth-order valence-corrected chi connectivity index (χ4v) is 4.94. The molecule has 7 nitrogen and oxygen atoms in total. The first-order valence-electron chi connectivity index (χ1n) is 6.76. The average molecular weight is 354 g/mol. The number of primary sulfonamides is 1. The lowest BCUT2D eigenvalue weighted by Gasteiger charge is -2.16. The van der Waals surface area contributed by atoms with Gasteiger partial charge in [0, 0.05) is 13.0 Å². The number of ketones is 1. The SMILES string of the molecule is NS(=O)(=O)c1cc2c(n1Cc1ccccc1)C(=O)CCS2(=O)=O. The normalized spacial score (nSPS) is 17.0. The van der Waals surface area contributed by atoms with Crippen LogP contribution in [0.2, 0.25) is 0 Å². The zero-order valence-corrected chi connectivity index (χ0v) is 13.6. The number of fused-ring (bicyclic) bond motifs is 1. The molecule has 0 radical (unpaired) electrons. The Morgan fingerprint density at radius 2 is 1.83 bits per heavy atom. The number of carbonyl (C=O) groups excluding carboxylic acids is 1. The minimum Gasteiger partial charge on any atom is -0.323 e. The smallest absolute Gasteiger partial charge is 0.253 e. The molecular formula is C14H14N2O5S2. The van der Waals surface area contributed by atoms with Crippen molar-refractivity contribution in [1.82, 2.24) is 4.57 Å². The van der Waals surface area contributed by atoms with Gasteiger partial charge in [-0.25, -0.2) is 22.0 Å². The van der Waals surface area contributed by atoms with Crippen LogP contribution in [-0.2, 0) is 26.4 Å². The highest BCUT2D eigenvalue weighted by atomic mass is 32.2. The molecule has 0 bridgehead atoms. The summed E-state index contributed by atoms with van der Waals surface area (Å²) in [4.78, 5) is 11.9. The predicted molar refractivity (Wildman–Crippen MR) is 82.3 cm³/mol. The summed E-state index contributed by atoms with van der Waals surface area (Å²) in [5, 5.41) is 4.83. The van der Waals surface area contributed by atoms with Gasteiger partial charge in [0.1, 0.15) is 5.69 Å². The van der Waals surface area contributed by atoms with E-state index in [1.807, 2.05) is 0 Å². The summed E-state index contributed by atoms with van der Waals surface area (Å²) in [5.41, 5.74) is 0.621. The van der Waals surface area contributed by atoms with Crippen molar-refractivity contribution >= 4 is 25.6 Å². The maximum absolute atomic E-state index is 12.2. The largest absolute Gasteiger partial charge is 0.323 e. The fraction of sp³-hybridized carbons (Fsp3) is 0.214. The van der Waals surface area contributed by atoms with Crippen LogP contribution in [0.1, 0.15) is 22.5 Å². The number of aromatic nitrogens is 1. The van der Waals surface area contributed by atoms with Crippen LogP contribution in [0.25, 0.3) is 0 Å². The van der Waals surface area contributed by atoms with Gasteiger partial charge in [0.15, 0.2) is 20.6 Å². The maximum Gasteiger partial charge on any atom is 0.253 e. The molecular weight excluding hydrogens is 340 g/mol. The number of nitrogens with two attached hydrogens (primary N) is 1. The number of sulfonamides is 1. The van der Waals surface area contributed by atoms with Crippen LogP contribution in [0.5, 0.6) is 0 Å². The van der Waals surface area contributed by atoms with E-state index >= 15 is 0 Å². The molecule has 0 fully saturated rings. The van der Waals surface area contributed by atoms with E-state index in [4.69, 9.17) is 5.14 Å². The van der Waals surface area contributed by atoms with Crippen molar-refractivity contribution in [2.75, 3.05) is 5.75 Å². The highest BCUT2D eigenvalue weighted by Gasteiger charge is 2.36. The first-order valence-corrected chi connectivity index (χ1v) is 9.96. The molecule has 0 amide bonds. The second kappa shape index (κ2) is 5.29. The third-order valence-electron chi connectivity index (χ3n) is 3.70. The summed E-state index contributed by atoms with van der Waals surface area (Å²) in [6, 6.07) is 9.81. The van der Waals surface area contributed by atoms with Crippen LogP contribution in [0, 0.1) is 0 Å². The molecule has 1 aromatic carbocycles. The molecule has 1 aliphatic heterocycles. The molecule has 0 aliphatic carbocycles. The minimum absolute atomic E-state index is 0.0448. The van der Waals surface area contributed by atoms with E-state index in [2.05, 4.69) is 0 Å². The number of Topliss-reactive ketones (excluding diaryl/α,β-unsaturated/α-hetero) is 1. The standard InChI is InChI=1S/C14H14N2O5S2/c15-23(20,21)13-8-12-14(11(17)6-7-22(12,18)19)16(13)9-10-4-2-1-3-5-10/h1-5,8H,6-7,9H2,(H2,15,20,21). The summed E-state index contributed by atoms with van der Waals surface area (Å²) in [6.45, 7) is 0.0448. The van der Waals surface area contributed by atoms with Crippen molar-refractivity contribution < 1.29 is 21.6 Å². The second-order valence-electron chi connectivity index (χ2n) is 5.30. The Morgan fingerprint density at radius 3 is 2.43 bits per heavy atom. The predicted octanol–water partition coefficient (Wildman–Crippen LogP) is 0.544. The fourth-order valence-electron chi connectivity index (χ4n) is 2.64. The molecule has 0 unspecified atom stereocenters. The number of rotatable bonds is 3. The molecule has 0 spiro atoms. The van der Waals surface area contributed by atoms with Gasteiger partial charge < -0.3 is 4.57 Å². The van der Waals surface area contributed by atoms with Crippen molar-refractivity contribution in [3.05, 3.63) is 47.7 Å². The third kappa shape index (κ3) is 2.82. The molecule has 0 atom stereocenters. The van der Waals surface area contributed by atoms with Gasteiger partial charge >= 0.3 is 0 Å².